The Labute approximate surface area is 315 Å². The molecule has 10 rings (SSSR count). The van der Waals surface area contributed by atoms with Gasteiger partial charge >= 0.3 is 0 Å². The lowest BCUT2D eigenvalue weighted by Crippen LogP contribution is -1.92. The molecule has 0 saturated carbocycles. The number of hydrogen-bond acceptors (Lipinski definition) is 2. The van der Waals surface area contributed by atoms with Gasteiger partial charge in [0, 0.05) is 10.8 Å². The van der Waals surface area contributed by atoms with Crippen LogP contribution in [-0.2, 0) is 0 Å². The van der Waals surface area contributed by atoms with Crippen LogP contribution in [0.3, 0.4) is 0 Å². The van der Waals surface area contributed by atoms with Crippen LogP contribution in [0.15, 0.2) is 192 Å². The monoisotopic (exact) mass is 674 g/mol. The minimum atomic E-state index is -0.611. The van der Waals surface area contributed by atoms with Crippen LogP contribution in [0.25, 0.3) is 99.1 Å². The van der Waals surface area contributed by atoms with E-state index >= 15 is 0 Å². The number of furan rings is 1. The quantitative estimate of drug-likeness (QED) is 0.184. The van der Waals surface area contributed by atoms with Crippen LogP contribution >= 0.6 is 0 Å². The van der Waals surface area contributed by atoms with Gasteiger partial charge in [-0.2, -0.15) is 0 Å². The van der Waals surface area contributed by atoms with E-state index in [1.165, 1.54) is 0 Å². The molecule has 0 amide bonds. The topological polar surface area (TPSA) is 33.4 Å². The zero-order valence-corrected chi connectivity index (χ0v) is 27.5. The minimum Gasteiger partial charge on any atom is -0.504 e. The molecule has 0 bridgehead atoms. The SMILES string of the molecule is [2H]c1c([2H])c([2H])c(-c2cc(-c3ccccc3)cc(-c3c4ccccc4c(-c4c([2H])c([2H])c(O)c5oc6c([2H])c(-c7ccccc7)c([2H])c([2H])c6c45)c4ccccc34)c2)c([2H])c1[2H]. The fourth-order valence-corrected chi connectivity index (χ4v) is 7.31. The normalized spacial score (nSPS) is 14.2. The molecule has 1 N–H and O–H groups in total. The first-order valence-electron chi connectivity index (χ1n) is 21.8. The molecule has 0 spiro atoms. The molecule has 2 heteroatoms. The van der Waals surface area contributed by atoms with Crippen molar-refractivity contribution in [2.24, 2.45) is 0 Å². The van der Waals surface area contributed by atoms with Crippen molar-refractivity contribution in [3.63, 3.8) is 0 Å². The summed E-state index contributed by atoms with van der Waals surface area (Å²) in [5, 5.41) is 14.4. The van der Waals surface area contributed by atoms with E-state index in [0.717, 1.165) is 27.5 Å². The standard InChI is InChI=1S/C50H32O2/c51-45-27-26-44(49-43-25-24-35(31-46(43)52-50(45)49)32-14-4-1-5-15-32)48-41-22-12-10-20-39(41)47(40-21-11-13-23-42(40)48)38-29-36(33-16-6-2-7-17-33)28-37(30-38)34-18-8-3-9-19-34/h1-31,51H/i2D,6D,7D,16D,17D,24D,25D,26D,27D,31D. The summed E-state index contributed by atoms with van der Waals surface area (Å²) in [6.45, 7) is 0. The minimum absolute atomic E-state index is 0.0514. The number of phenols is 1. The van der Waals surface area contributed by atoms with Crippen molar-refractivity contribution in [3.8, 4) is 61.4 Å². The summed E-state index contributed by atoms with van der Waals surface area (Å²) >= 11 is 0. The molecular formula is C50H32O2. The molecule has 0 radical (unpaired) electrons. The Morgan fingerprint density at radius 1 is 0.423 bits per heavy atom. The molecule has 0 aliphatic rings. The van der Waals surface area contributed by atoms with Gasteiger partial charge in [-0.25, -0.2) is 0 Å². The van der Waals surface area contributed by atoms with E-state index in [1.54, 1.807) is 24.3 Å². The third-order valence-corrected chi connectivity index (χ3v) is 9.59. The van der Waals surface area contributed by atoms with Gasteiger partial charge in [-0.1, -0.05) is 145 Å². The Balaban J connectivity index is 1.34. The van der Waals surface area contributed by atoms with Crippen LogP contribution < -0.4 is 0 Å². The molecule has 52 heavy (non-hydrogen) atoms. The highest BCUT2D eigenvalue weighted by molar-refractivity contribution is 6.26. The fourth-order valence-electron chi connectivity index (χ4n) is 7.31. The zero-order chi connectivity index (χ0) is 43.3. The first-order chi connectivity index (χ1) is 29.9. The van der Waals surface area contributed by atoms with Gasteiger partial charge in [-0.3, -0.25) is 0 Å². The summed E-state index contributed by atoms with van der Waals surface area (Å²) in [4.78, 5) is 0. The van der Waals surface area contributed by atoms with Crippen LogP contribution in [0, 0.1) is 0 Å². The highest BCUT2D eigenvalue weighted by atomic mass is 16.4. The summed E-state index contributed by atoms with van der Waals surface area (Å²) in [7, 11) is 0. The number of phenolic OH excluding ortho intramolecular Hbond substituents is 1. The third-order valence-electron chi connectivity index (χ3n) is 9.59. The largest absolute Gasteiger partial charge is 0.504 e. The molecule has 0 atom stereocenters. The van der Waals surface area contributed by atoms with E-state index < -0.39 is 29.9 Å². The zero-order valence-electron chi connectivity index (χ0n) is 37.5. The predicted molar refractivity (Wildman–Crippen MR) is 218 cm³/mol. The van der Waals surface area contributed by atoms with Gasteiger partial charge in [0.1, 0.15) is 5.58 Å². The van der Waals surface area contributed by atoms with Crippen molar-refractivity contribution in [2.45, 2.75) is 0 Å². The van der Waals surface area contributed by atoms with Crippen molar-refractivity contribution in [1.29, 1.82) is 0 Å². The second-order valence-electron chi connectivity index (χ2n) is 12.6. The summed E-state index contributed by atoms with van der Waals surface area (Å²) < 4.78 is 95.6. The third kappa shape index (κ3) is 4.88. The highest BCUT2D eigenvalue weighted by Gasteiger charge is 2.22. The number of benzene rings is 9. The van der Waals surface area contributed by atoms with Crippen LogP contribution in [0.5, 0.6) is 5.75 Å². The van der Waals surface area contributed by atoms with Crippen molar-refractivity contribution >= 4 is 43.5 Å². The van der Waals surface area contributed by atoms with Gasteiger partial charge < -0.3 is 9.52 Å². The molecule has 9 aromatic carbocycles. The van der Waals surface area contributed by atoms with E-state index in [9.17, 15) is 9.22 Å². The summed E-state index contributed by atoms with van der Waals surface area (Å²) in [6, 6.07) is 35.7. The summed E-state index contributed by atoms with van der Waals surface area (Å²) in [6.07, 6.45) is 0. The number of fused-ring (bicyclic) bond motifs is 5. The van der Waals surface area contributed by atoms with E-state index in [2.05, 4.69) is 0 Å². The second kappa shape index (κ2) is 12.2. The Kier molecular flexibility index (Phi) is 4.99. The van der Waals surface area contributed by atoms with E-state index in [4.69, 9.17) is 14.0 Å². The first kappa shape index (κ1) is 21.3. The van der Waals surface area contributed by atoms with Gasteiger partial charge in [0.05, 0.1) is 13.7 Å². The van der Waals surface area contributed by atoms with E-state index in [0.29, 0.717) is 33.0 Å². The smallest absolute Gasteiger partial charge is 0.177 e. The Morgan fingerprint density at radius 2 is 0.962 bits per heavy atom. The Morgan fingerprint density at radius 3 is 1.60 bits per heavy atom. The lowest BCUT2D eigenvalue weighted by atomic mass is 9.83. The Bertz CT molecular complexity index is 3440. The van der Waals surface area contributed by atoms with Gasteiger partial charge in [0.2, 0.25) is 0 Å². The number of aromatic hydroxyl groups is 1. The predicted octanol–water partition coefficient (Wildman–Crippen LogP) is 13.9. The lowest BCUT2D eigenvalue weighted by molar-refractivity contribution is 0.469. The average Bonchev–Trinajstić information content (AvgIpc) is 3.70. The molecule has 1 aromatic heterocycles. The highest BCUT2D eigenvalue weighted by Crippen LogP contribution is 2.49. The van der Waals surface area contributed by atoms with Gasteiger partial charge in [-0.05, 0) is 120 Å². The number of hydrogen-bond donors (Lipinski definition) is 1. The molecule has 1 heterocycles. The molecular weight excluding hydrogens is 633 g/mol. The van der Waals surface area contributed by atoms with Crippen molar-refractivity contribution in [3.05, 3.63) is 188 Å². The van der Waals surface area contributed by atoms with Gasteiger partial charge in [-0.15, -0.1) is 0 Å². The van der Waals surface area contributed by atoms with E-state index in [1.807, 2.05) is 103 Å². The molecule has 2 nitrogen and oxygen atoms in total. The van der Waals surface area contributed by atoms with Crippen molar-refractivity contribution in [1.82, 2.24) is 0 Å². The summed E-state index contributed by atoms with van der Waals surface area (Å²) in [5.74, 6) is -0.611. The molecule has 0 saturated heterocycles. The molecule has 10 aromatic rings. The van der Waals surface area contributed by atoms with E-state index in [-0.39, 0.29) is 74.9 Å². The maximum atomic E-state index is 11.5. The van der Waals surface area contributed by atoms with Crippen molar-refractivity contribution < 1.29 is 23.2 Å². The second-order valence-corrected chi connectivity index (χ2v) is 12.6. The molecule has 0 fully saturated rings. The maximum Gasteiger partial charge on any atom is 0.177 e. The number of rotatable bonds is 5. The fraction of sp³-hybridized carbons (Fsp3) is 0. The first-order valence-corrected chi connectivity index (χ1v) is 16.8. The van der Waals surface area contributed by atoms with Gasteiger partial charge in [0.25, 0.3) is 0 Å². The molecule has 0 aliphatic carbocycles. The van der Waals surface area contributed by atoms with Crippen LogP contribution in [0.2, 0.25) is 0 Å². The van der Waals surface area contributed by atoms with Gasteiger partial charge in [0.15, 0.2) is 11.3 Å². The maximum absolute atomic E-state index is 11.5. The Hall–Kier alpha value is -6.90. The van der Waals surface area contributed by atoms with Crippen LogP contribution in [0.4, 0.5) is 0 Å². The lowest BCUT2D eigenvalue weighted by Gasteiger charge is -2.19. The molecule has 0 unspecified atom stereocenters. The molecule has 0 aliphatic heterocycles. The van der Waals surface area contributed by atoms with Crippen LogP contribution in [-0.4, -0.2) is 5.11 Å². The molecule has 244 valence electrons. The van der Waals surface area contributed by atoms with Crippen LogP contribution in [0.1, 0.15) is 13.7 Å². The average molecular weight is 675 g/mol. The van der Waals surface area contributed by atoms with Crippen molar-refractivity contribution in [2.75, 3.05) is 0 Å². The summed E-state index contributed by atoms with van der Waals surface area (Å²) in [5.41, 5.74) is 4.72.